The second-order valence-corrected chi connectivity index (χ2v) is 8.00. The molecule has 1 aliphatic heterocycles. The first-order valence-electron chi connectivity index (χ1n) is 9.44. The average molecular weight is 455 g/mol. The number of benzene rings is 1. The summed E-state index contributed by atoms with van der Waals surface area (Å²) in [5.41, 5.74) is 2.72. The van der Waals surface area contributed by atoms with E-state index in [4.69, 9.17) is 12.6 Å². The van der Waals surface area contributed by atoms with Crippen molar-refractivity contribution < 1.29 is 9.18 Å². The van der Waals surface area contributed by atoms with Gasteiger partial charge in [-0.2, -0.15) is 12.6 Å². The van der Waals surface area contributed by atoms with Gasteiger partial charge < -0.3 is 0 Å². The van der Waals surface area contributed by atoms with E-state index < -0.39 is 6.04 Å². The highest BCUT2D eigenvalue weighted by atomic mass is 35.5. The molecule has 29 heavy (non-hydrogen) atoms. The third-order valence-electron chi connectivity index (χ3n) is 5.38. The minimum absolute atomic E-state index is 0. The molecule has 0 N–H and O–H groups in total. The van der Waals surface area contributed by atoms with Crippen molar-refractivity contribution >= 4 is 49.3 Å². The molecule has 0 radical (unpaired) electrons. The van der Waals surface area contributed by atoms with Gasteiger partial charge in [-0.1, -0.05) is 24.3 Å². The summed E-state index contributed by atoms with van der Waals surface area (Å²) in [6, 6.07) is 10.1. The Morgan fingerprint density at radius 2 is 1.83 bits per heavy atom. The van der Waals surface area contributed by atoms with Gasteiger partial charge in [-0.3, -0.25) is 14.7 Å². The molecular formula is C22H25Cl2FN2OS. The molecule has 0 bridgehead atoms. The minimum atomic E-state index is -0.514. The van der Waals surface area contributed by atoms with Crippen LogP contribution < -0.4 is 0 Å². The highest BCUT2D eigenvalue weighted by molar-refractivity contribution is 7.81. The number of thiol groups is 1. The predicted octanol–water partition coefficient (Wildman–Crippen LogP) is 5.17. The summed E-state index contributed by atoms with van der Waals surface area (Å²) in [5.74, 6) is -0.0684. The molecule has 2 aromatic rings. The molecule has 2 heterocycles. The molecule has 2 atom stereocenters. The van der Waals surface area contributed by atoms with E-state index in [0.29, 0.717) is 12.1 Å². The van der Waals surface area contributed by atoms with Crippen molar-refractivity contribution in [2.75, 3.05) is 13.1 Å². The minimum Gasteiger partial charge on any atom is -0.297 e. The average Bonchev–Trinajstić information content (AvgIpc) is 3.52. The molecule has 0 spiro atoms. The summed E-state index contributed by atoms with van der Waals surface area (Å²) in [6.07, 6.45) is 8.33. The van der Waals surface area contributed by atoms with Crippen molar-refractivity contribution in [1.29, 1.82) is 0 Å². The van der Waals surface area contributed by atoms with E-state index in [9.17, 15) is 9.18 Å². The molecule has 1 aromatic heterocycles. The number of Topliss-reactive ketones (excluding diaryl/α,β-unsaturated/α-hetero) is 1. The summed E-state index contributed by atoms with van der Waals surface area (Å²) in [7, 11) is 0. The van der Waals surface area contributed by atoms with Crippen LogP contribution in [0, 0.1) is 11.7 Å². The molecule has 1 saturated carbocycles. The summed E-state index contributed by atoms with van der Waals surface area (Å²) in [4.78, 5) is 19.2. The second kappa shape index (κ2) is 10.6. The van der Waals surface area contributed by atoms with Crippen LogP contribution in [0.3, 0.4) is 0 Å². The number of ketones is 1. The highest BCUT2D eigenvalue weighted by Crippen LogP contribution is 2.39. The van der Waals surface area contributed by atoms with Crippen LogP contribution in [-0.4, -0.2) is 34.0 Å². The Kier molecular flexibility index (Phi) is 8.71. The van der Waals surface area contributed by atoms with Crippen LogP contribution in [0.2, 0.25) is 0 Å². The molecule has 3 nitrogen and oxygen atoms in total. The number of carbonyl (C=O) groups is 1. The molecule has 2 fully saturated rings. The van der Waals surface area contributed by atoms with Crippen LogP contribution in [0.25, 0.3) is 6.08 Å². The third-order valence-corrected chi connectivity index (χ3v) is 5.97. The van der Waals surface area contributed by atoms with E-state index in [0.717, 1.165) is 36.9 Å². The van der Waals surface area contributed by atoms with Crippen molar-refractivity contribution in [3.8, 4) is 0 Å². The van der Waals surface area contributed by atoms with Crippen molar-refractivity contribution in [2.45, 2.75) is 30.6 Å². The van der Waals surface area contributed by atoms with Crippen LogP contribution in [-0.2, 0) is 4.79 Å². The summed E-state index contributed by atoms with van der Waals surface area (Å²) < 4.78 is 14.5. The Morgan fingerprint density at radius 1 is 1.14 bits per heavy atom. The van der Waals surface area contributed by atoms with E-state index in [1.807, 2.05) is 18.2 Å². The Labute approximate surface area is 189 Å². The molecule has 4 rings (SSSR count). The number of hydrogen-bond donors (Lipinski definition) is 1. The van der Waals surface area contributed by atoms with Crippen molar-refractivity contribution in [1.82, 2.24) is 9.88 Å². The molecule has 1 aromatic carbocycles. The number of halogens is 3. The fourth-order valence-corrected chi connectivity index (χ4v) is 4.02. The van der Waals surface area contributed by atoms with Crippen LogP contribution in [0.1, 0.15) is 36.4 Å². The van der Waals surface area contributed by atoms with Crippen LogP contribution in [0.5, 0.6) is 0 Å². The Morgan fingerprint density at radius 3 is 2.48 bits per heavy atom. The van der Waals surface area contributed by atoms with Crippen molar-refractivity contribution in [3.63, 3.8) is 0 Å². The SMILES string of the molecule is Cl.Cl.O=C(C1CC1)C(c1ccccc1F)N1CCC(S)/C(=C\c2ccncc2)C1. The lowest BCUT2D eigenvalue weighted by Gasteiger charge is -2.37. The van der Waals surface area contributed by atoms with Gasteiger partial charge in [-0.25, -0.2) is 4.39 Å². The normalized spacial score (nSPS) is 21.7. The fraction of sp³-hybridized carbons (Fsp3) is 0.364. The van der Waals surface area contributed by atoms with Crippen molar-refractivity contribution in [3.05, 3.63) is 71.3 Å². The lowest BCUT2D eigenvalue weighted by atomic mass is 9.93. The van der Waals surface area contributed by atoms with Gasteiger partial charge in [0.15, 0.2) is 5.78 Å². The number of carbonyl (C=O) groups excluding carboxylic acids is 1. The Hall–Kier alpha value is -1.40. The Balaban J connectivity index is 0.00000150. The zero-order valence-electron chi connectivity index (χ0n) is 15.9. The number of piperidine rings is 1. The lowest BCUT2D eigenvalue weighted by Crippen LogP contribution is -2.42. The standard InChI is InChI=1S/C22H23FN2OS.2ClH/c23-19-4-2-1-3-18(19)21(22(26)16-5-6-16)25-12-9-20(27)17(14-25)13-15-7-10-24-11-8-15;;/h1-4,7-8,10-11,13,16,20-21,27H,5-6,9,12,14H2;2*1H/b17-13-;;. The molecule has 0 amide bonds. The number of rotatable bonds is 5. The fourth-order valence-electron chi connectivity index (χ4n) is 3.75. The highest BCUT2D eigenvalue weighted by Gasteiger charge is 2.40. The number of likely N-dealkylation sites (tertiary alicyclic amines) is 1. The second-order valence-electron chi connectivity index (χ2n) is 7.38. The molecule has 2 unspecified atom stereocenters. The number of nitrogens with zero attached hydrogens (tertiary/aromatic N) is 2. The van der Waals surface area contributed by atoms with Gasteiger partial charge >= 0.3 is 0 Å². The van der Waals surface area contributed by atoms with Gasteiger partial charge in [-0.05, 0) is 48.6 Å². The van der Waals surface area contributed by atoms with Crippen LogP contribution >= 0.6 is 37.4 Å². The van der Waals surface area contributed by atoms with E-state index in [1.165, 1.54) is 6.07 Å². The molecule has 1 saturated heterocycles. The quantitative estimate of drug-likeness (QED) is 0.632. The lowest BCUT2D eigenvalue weighted by molar-refractivity contribution is -0.126. The molecule has 7 heteroatoms. The number of aromatic nitrogens is 1. The molecule has 1 aliphatic carbocycles. The zero-order valence-corrected chi connectivity index (χ0v) is 18.4. The molecule has 156 valence electrons. The summed E-state index contributed by atoms with van der Waals surface area (Å²) in [5, 5.41) is 0.145. The van der Waals surface area contributed by atoms with Crippen molar-refractivity contribution in [2.24, 2.45) is 5.92 Å². The van der Waals surface area contributed by atoms with Crippen LogP contribution in [0.15, 0.2) is 54.4 Å². The van der Waals surface area contributed by atoms with Gasteiger partial charge in [0.1, 0.15) is 5.82 Å². The first kappa shape index (κ1) is 23.9. The molecular weight excluding hydrogens is 430 g/mol. The van der Waals surface area contributed by atoms with Crippen LogP contribution in [0.4, 0.5) is 4.39 Å². The van der Waals surface area contributed by atoms with Gasteiger partial charge in [0.25, 0.3) is 0 Å². The maximum Gasteiger partial charge on any atom is 0.157 e. The maximum absolute atomic E-state index is 14.5. The van der Waals surface area contributed by atoms with E-state index >= 15 is 0 Å². The first-order valence-corrected chi connectivity index (χ1v) is 9.96. The van der Waals surface area contributed by atoms with E-state index in [1.54, 1.807) is 24.5 Å². The van der Waals surface area contributed by atoms with Gasteiger partial charge in [0.2, 0.25) is 0 Å². The van der Waals surface area contributed by atoms with Gasteiger partial charge in [-0.15, -0.1) is 24.8 Å². The zero-order chi connectivity index (χ0) is 18.8. The largest absolute Gasteiger partial charge is 0.297 e. The van der Waals surface area contributed by atoms with Gasteiger partial charge in [0.05, 0.1) is 6.04 Å². The summed E-state index contributed by atoms with van der Waals surface area (Å²) in [6.45, 7) is 1.35. The topological polar surface area (TPSA) is 33.2 Å². The van der Waals surface area contributed by atoms with E-state index in [-0.39, 0.29) is 47.6 Å². The third kappa shape index (κ3) is 5.60. The number of pyridine rings is 1. The predicted molar refractivity (Wildman–Crippen MR) is 123 cm³/mol. The van der Waals surface area contributed by atoms with Gasteiger partial charge in [0, 0.05) is 42.2 Å². The summed E-state index contributed by atoms with van der Waals surface area (Å²) >= 11 is 4.74. The first-order chi connectivity index (χ1) is 13.1. The van der Waals surface area contributed by atoms with E-state index in [2.05, 4.69) is 16.0 Å². The maximum atomic E-state index is 14.5. The molecule has 2 aliphatic rings. The smallest absolute Gasteiger partial charge is 0.157 e. The Bertz CT molecular complexity index is 861. The monoisotopic (exact) mass is 454 g/mol. The number of hydrogen-bond acceptors (Lipinski definition) is 4.